The maximum Gasteiger partial charge on any atom is 0.135 e. The zero-order valence-electron chi connectivity index (χ0n) is 18.9. The summed E-state index contributed by atoms with van der Waals surface area (Å²) in [5, 5.41) is 14.5. The Labute approximate surface area is 195 Å². The van der Waals surface area contributed by atoms with Gasteiger partial charge in [-0.15, -0.1) is 0 Å². The van der Waals surface area contributed by atoms with Crippen LogP contribution in [0.3, 0.4) is 0 Å². The number of β-amino-alcohol motifs (C(OH)–C–C–N with tert-alkyl or cyclic N) is 1. The molecule has 0 amide bonds. The van der Waals surface area contributed by atoms with Crippen molar-refractivity contribution >= 4 is 17.3 Å². The van der Waals surface area contributed by atoms with Gasteiger partial charge >= 0.3 is 0 Å². The van der Waals surface area contributed by atoms with E-state index in [0.717, 1.165) is 55.7 Å². The van der Waals surface area contributed by atoms with Crippen molar-refractivity contribution in [2.45, 2.75) is 50.3 Å². The quantitative estimate of drug-likeness (QED) is 0.622. The first-order valence-corrected chi connectivity index (χ1v) is 12.2. The van der Waals surface area contributed by atoms with Crippen LogP contribution in [-0.2, 0) is 13.0 Å². The number of aromatic nitrogens is 2. The van der Waals surface area contributed by atoms with Gasteiger partial charge in [0.05, 0.1) is 6.10 Å². The van der Waals surface area contributed by atoms with Crippen LogP contribution < -0.4 is 10.2 Å². The first-order valence-electron chi connectivity index (χ1n) is 12.2. The van der Waals surface area contributed by atoms with Crippen molar-refractivity contribution in [2.75, 3.05) is 29.9 Å². The van der Waals surface area contributed by atoms with Gasteiger partial charge in [0, 0.05) is 44.0 Å². The first kappa shape index (κ1) is 20.6. The fraction of sp³-hybridized carbons (Fsp3) is 0.407. The highest BCUT2D eigenvalue weighted by atomic mass is 16.3. The minimum atomic E-state index is -0.398. The summed E-state index contributed by atoms with van der Waals surface area (Å²) in [6.07, 6.45) is 5.80. The van der Waals surface area contributed by atoms with Gasteiger partial charge in [0.25, 0.3) is 0 Å². The number of piperidine rings is 1. The predicted molar refractivity (Wildman–Crippen MR) is 131 cm³/mol. The Morgan fingerprint density at radius 2 is 1.79 bits per heavy atom. The summed E-state index contributed by atoms with van der Waals surface area (Å²) in [4.78, 5) is 13.6. The SMILES string of the molecule is O[C@H]1CN(c2cc(Nc3cccc(C4CC4)c3)ncn2)CC[C@@H]1N1CCc2ccccc2C1. The summed E-state index contributed by atoms with van der Waals surface area (Å²) in [7, 11) is 0. The zero-order valence-corrected chi connectivity index (χ0v) is 18.9. The highest BCUT2D eigenvalue weighted by molar-refractivity contribution is 5.60. The summed E-state index contributed by atoms with van der Waals surface area (Å²) in [6, 6.07) is 19.5. The number of rotatable bonds is 5. The van der Waals surface area contributed by atoms with Crippen LogP contribution in [0.1, 0.15) is 41.9 Å². The average molecular weight is 442 g/mol. The normalized spacial score (nSPS) is 23.2. The second kappa shape index (κ2) is 8.76. The van der Waals surface area contributed by atoms with Crippen LogP contribution in [-0.4, -0.2) is 51.8 Å². The lowest BCUT2D eigenvalue weighted by Crippen LogP contribution is -2.55. The Bertz CT molecular complexity index is 1130. The van der Waals surface area contributed by atoms with E-state index in [-0.39, 0.29) is 6.04 Å². The van der Waals surface area contributed by atoms with E-state index in [1.807, 2.05) is 6.07 Å². The first-order chi connectivity index (χ1) is 16.2. The molecule has 3 aromatic rings. The second-order valence-corrected chi connectivity index (χ2v) is 9.64. The number of hydrogen-bond acceptors (Lipinski definition) is 6. The third-order valence-corrected chi connectivity index (χ3v) is 7.36. The minimum absolute atomic E-state index is 0.194. The molecular weight excluding hydrogens is 410 g/mol. The van der Waals surface area contributed by atoms with Crippen molar-refractivity contribution in [3.63, 3.8) is 0 Å². The summed E-state index contributed by atoms with van der Waals surface area (Å²) in [5.74, 6) is 2.38. The molecule has 2 N–H and O–H groups in total. The molecule has 2 aliphatic heterocycles. The summed E-state index contributed by atoms with van der Waals surface area (Å²) in [5.41, 5.74) is 5.31. The van der Waals surface area contributed by atoms with Crippen LogP contribution in [0.15, 0.2) is 60.9 Å². The molecule has 2 fully saturated rings. The second-order valence-electron chi connectivity index (χ2n) is 9.64. The van der Waals surface area contributed by atoms with Gasteiger partial charge in [-0.1, -0.05) is 36.4 Å². The molecule has 2 aromatic carbocycles. The molecular formula is C27H31N5O. The van der Waals surface area contributed by atoms with Crippen molar-refractivity contribution < 1.29 is 5.11 Å². The molecule has 1 aromatic heterocycles. The summed E-state index contributed by atoms with van der Waals surface area (Å²) in [6.45, 7) is 3.42. The van der Waals surface area contributed by atoms with E-state index in [4.69, 9.17) is 0 Å². The van der Waals surface area contributed by atoms with Gasteiger partial charge in [0.1, 0.15) is 18.0 Å². The Balaban J connectivity index is 1.11. The smallest absolute Gasteiger partial charge is 0.135 e. The number of nitrogens with zero attached hydrogens (tertiary/aromatic N) is 4. The van der Waals surface area contributed by atoms with Gasteiger partial charge in [-0.2, -0.15) is 0 Å². The lowest BCUT2D eigenvalue weighted by Gasteiger charge is -2.43. The molecule has 0 radical (unpaired) electrons. The summed E-state index contributed by atoms with van der Waals surface area (Å²) >= 11 is 0. The molecule has 3 aliphatic rings. The average Bonchev–Trinajstić information content (AvgIpc) is 3.70. The van der Waals surface area contributed by atoms with Crippen molar-refractivity contribution in [3.05, 3.63) is 77.6 Å². The maximum absolute atomic E-state index is 11.1. The highest BCUT2D eigenvalue weighted by Gasteiger charge is 2.34. The van der Waals surface area contributed by atoms with Crippen molar-refractivity contribution in [3.8, 4) is 0 Å². The van der Waals surface area contributed by atoms with Crippen LogP contribution in [0.5, 0.6) is 0 Å². The van der Waals surface area contributed by atoms with Crippen LogP contribution >= 0.6 is 0 Å². The third-order valence-electron chi connectivity index (χ3n) is 7.36. The number of aliphatic hydroxyl groups excluding tert-OH is 1. The van der Waals surface area contributed by atoms with Crippen molar-refractivity contribution in [2.24, 2.45) is 0 Å². The van der Waals surface area contributed by atoms with Crippen molar-refractivity contribution in [1.82, 2.24) is 14.9 Å². The standard InChI is InChI=1S/C27H31N5O/c33-25-17-32(13-11-24(25)31-12-10-19-4-1-2-5-22(19)16-31)27-15-26(28-18-29-27)30-23-7-3-6-21(14-23)20-8-9-20/h1-7,14-15,18,20,24-25,33H,8-13,16-17H2,(H,28,29,30)/t24-,25-/m0/s1. The van der Waals surface area contributed by atoms with Gasteiger partial charge in [-0.3, -0.25) is 4.90 Å². The molecule has 33 heavy (non-hydrogen) atoms. The van der Waals surface area contributed by atoms with E-state index >= 15 is 0 Å². The number of fused-ring (bicyclic) bond motifs is 1. The van der Waals surface area contributed by atoms with E-state index in [2.05, 4.69) is 73.6 Å². The van der Waals surface area contributed by atoms with Crippen LogP contribution in [0.2, 0.25) is 0 Å². The van der Waals surface area contributed by atoms with E-state index in [0.29, 0.717) is 6.54 Å². The van der Waals surface area contributed by atoms with Gasteiger partial charge in [-0.05, 0) is 60.4 Å². The molecule has 1 saturated heterocycles. The van der Waals surface area contributed by atoms with Gasteiger partial charge in [-0.25, -0.2) is 9.97 Å². The lowest BCUT2D eigenvalue weighted by molar-refractivity contribution is 0.0293. The van der Waals surface area contributed by atoms with Gasteiger partial charge in [0.2, 0.25) is 0 Å². The number of anilines is 3. The molecule has 170 valence electrons. The Morgan fingerprint density at radius 3 is 2.64 bits per heavy atom. The topological polar surface area (TPSA) is 64.5 Å². The number of nitrogens with one attached hydrogen (secondary N) is 1. The van der Waals surface area contributed by atoms with Crippen LogP contribution in [0.4, 0.5) is 17.3 Å². The van der Waals surface area contributed by atoms with Gasteiger partial charge < -0.3 is 15.3 Å². The third kappa shape index (κ3) is 4.45. The number of aliphatic hydroxyl groups is 1. The predicted octanol–water partition coefficient (Wildman–Crippen LogP) is 4.10. The fourth-order valence-corrected chi connectivity index (χ4v) is 5.38. The van der Waals surface area contributed by atoms with E-state index < -0.39 is 6.10 Å². The lowest BCUT2D eigenvalue weighted by atomic mass is 9.94. The number of benzene rings is 2. The molecule has 6 nitrogen and oxygen atoms in total. The molecule has 6 rings (SSSR count). The minimum Gasteiger partial charge on any atom is -0.390 e. The van der Waals surface area contributed by atoms with E-state index in [9.17, 15) is 5.11 Å². The fourth-order valence-electron chi connectivity index (χ4n) is 5.38. The largest absolute Gasteiger partial charge is 0.390 e. The molecule has 0 unspecified atom stereocenters. The Kier molecular flexibility index (Phi) is 5.48. The Morgan fingerprint density at radius 1 is 0.909 bits per heavy atom. The molecule has 1 aliphatic carbocycles. The zero-order chi connectivity index (χ0) is 22.2. The highest BCUT2D eigenvalue weighted by Crippen LogP contribution is 2.40. The Hall–Kier alpha value is -2.96. The van der Waals surface area contributed by atoms with E-state index in [1.54, 1.807) is 6.33 Å². The molecule has 2 atom stereocenters. The molecule has 0 bridgehead atoms. The number of hydrogen-bond donors (Lipinski definition) is 2. The molecule has 0 spiro atoms. The van der Waals surface area contributed by atoms with Crippen LogP contribution in [0.25, 0.3) is 0 Å². The molecule has 1 saturated carbocycles. The summed E-state index contributed by atoms with van der Waals surface area (Å²) < 4.78 is 0. The molecule has 3 heterocycles. The van der Waals surface area contributed by atoms with Crippen LogP contribution in [0, 0.1) is 0 Å². The maximum atomic E-state index is 11.1. The van der Waals surface area contributed by atoms with Crippen molar-refractivity contribution in [1.29, 1.82) is 0 Å². The van der Waals surface area contributed by atoms with Gasteiger partial charge in [0.15, 0.2) is 0 Å². The monoisotopic (exact) mass is 441 g/mol. The van der Waals surface area contributed by atoms with E-state index in [1.165, 1.54) is 29.5 Å². The molecule has 6 heteroatoms.